The molecule has 3 aromatic rings. The van der Waals surface area contributed by atoms with Crippen LogP contribution in [0.2, 0.25) is 10.0 Å². The molecule has 1 aromatic heterocycles. The van der Waals surface area contributed by atoms with Crippen LogP contribution in [0.4, 0.5) is 0 Å². The first-order chi connectivity index (χ1) is 13.5. The highest BCUT2D eigenvalue weighted by Gasteiger charge is 2.25. The molecule has 0 spiro atoms. The summed E-state index contributed by atoms with van der Waals surface area (Å²) in [4.78, 5) is 25.0. The van der Waals surface area contributed by atoms with Gasteiger partial charge in [-0.25, -0.2) is 4.79 Å². The van der Waals surface area contributed by atoms with Crippen LogP contribution < -0.4 is 5.32 Å². The van der Waals surface area contributed by atoms with Gasteiger partial charge in [0.25, 0.3) is 5.91 Å². The van der Waals surface area contributed by atoms with Gasteiger partial charge in [0.2, 0.25) is 0 Å². The van der Waals surface area contributed by atoms with Crippen LogP contribution in [-0.2, 0) is 22.6 Å². The Bertz CT molecular complexity index is 922. The van der Waals surface area contributed by atoms with Crippen molar-refractivity contribution in [2.45, 2.75) is 19.1 Å². The summed E-state index contributed by atoms with van der Waals surface area (Å²) >= 11 is 12.2. The highest BCUT2D eigenvalue weighted by Crippen LogP contribution is 2.25. The first-order valence-corrected chi connectivity index (χ1v) is 9.28. The fourth-order valence-electron chi connectivity index (χ4n) is 2.59. The molecule has 3 rings (SSSR count). The van der Waals surface area contributed by atoms with Crippen LogP contribution in [0.15, 0.2) is 71.3 Å². The van der Waals surface area contributed by atoms with Crippen LogP contribution >= 0.6 is 23.2 Å². The molecule has 1 amide bonds. The zero-order valence-corrected chi connectivity index (χ0v) is 16.2. The van der Waals surface area contributed by atoms with Gasteiger partial charge in [0.1, 0.15) is 12.6 Å². The number of furan rings is 1. The lowest BCUT2D eigenvalue weighted by Crippen LogP contribution is -2.43. The third-order valence-corrected chi connectivity index (χ3v) is 4.75. The maximum absolute atomic E-state index is 12.7. The van der Waals surface area contributed by atoms with Gasteiger partial charge < -0.3 is 14.5 Å². The minimum Gasteiger partial charge on any atom is -0.459 e. The van der Waals surface area contributed by atoms with E-state index < -0.39 is 17.9 Å². The van der Waals surface area contributed by atoms with Crippen LogP contribution in [0.5, 0.6) is 0 Å². The van der Waals surface area contributed by atoms with E-state index in [1.54, 1.807) is 24.3 Å². The van der Waals surface area contributed by atoms with Gasteiger partial charge in [-0.3, -0.25) is 4.79 Å². The number of esters is 1. The van der Waals surface area contributed by atoms with Crippen LogP contribution in [0.3, 0.4) is 0 Å². The average molecular weight is 418 g/mol. The summed E-state index contributed by atoms with van der Waals surface area (Å²) in [6.45, 7) is -0.0980. The largest absolute Gasteiger partial charge is 0.459 e. The Balaban J connectivity index is 1.73. The van der Waals surface area contributed by atoms with Crippen molar-refractivity contribution >= 4 is 35.1 Å². The number of carbonyl (C=O) groups excluding carboxylic acids is 2. The molecule has 0 bridgehead atoms. The number of ether oxygens (including phenoxy) is 1. The van der Waals surface area contributed by atoms with Gasteiger partial charge in [-0.05, 0) is 29.8 Å². The van der Waals surface area contributed by atoms with E-state index in [1.807, 2.05) is 30.3 Å². The van der Waals surface area contributed by atoms with E-state index in [2.05, 4.69) is 5.32 Å². The first-order valence-electron chi connectivity index (χ1n) is 8.52. The lowest BCUT2D eigenvalue weighted by Gasteiger charge is -2.18. The summed E-state index contributed by atoms with van der Waals surface area (Å²) in [5.74, 6) is -0.988. The van der Waals surface area contributed by atoms with Crippen molar-refractivity contribution in [3.05, 3.63) is 93.9 Å². The molecule has 0 aliphatic rings. The molecule has 5 nitrogen and oxygen atoms in total. The van der Waals surface area contributed by atoms with Crippen molar-refractivity contribution in [2.24, 2.45) is 0 Å². The van der Waals surface area contributed by atoms with Crippen molar-refractivity contribution in [1.29, 1.82) is 0 Å². The van der Waals surface area contributed by atoms with Crippen molar-refractivity contribution in [3.63, 3.8) is 0 Å². The predicted octanol–water partition coefficient (Wildman–Crippen LogP) is 4.67. The van der Waals surface area contributed by atoms with E-state index in [0.29, 0.717) is 15.6 Å². The molecule has 2 aromatic carbocycles. The van der Waals surface area contributed by atoms with Crippen LogP contribution in [0.25, 0.3) is 0 Å². The predicted molar refractivity (Wildman–Crippen MR) is 106 cm³/mol. The molecule has 1 unspecified atom stereocenters. The quantitative estimate of drug-likeness (QED) is 0.567. The number of hydrogen-bond donors (Lipinski definition) is 1. The Morgan fingerprint density at radius 3 is 2.32 bits per heavy atom. The molecule has 1 atom stereocenters. The molecule has 0 saturated carbocycles. The number of amides is 1. The number of nitrogens with one attached hydrogen (secondary N) is 1. The Morgan fingerprint density at radius 2 is 1.68 bits per heavy atom. The summed E-state index contributed by atoms with van der Waals surface area (Å²) < 4.78 is 10.5. The minimum absolute atomic E-state index is 0.0980. The average Bonchev–Trinajstić information content (AvgIpc) is 3.22. The minimum atomic E-state index is -0.902. The molecule has 0 radical (unpaired) electrons. The Labute approximate surface area is 172 Å². The van der Waals surface area contributed by atoms with E-state index in [0.717, 1.165) is 5.56 Å². The molecule has 0 fully saturated rings. The topological polar surface area (TPSA) is 68.5 Å². The molecule has 1 heterocycles. The lowest BCUT2D eigenvalue weighted by atomic mass is 10.1. The summed E-state index contributed by atoms with van der Waals surface area (Å²) in [6.07, 6.45) is 1.65. The van der Waals surface area contributed by atoms with Crippen molar-refractivity contribution in [3.8, 4) is 0 Å². The fraction of sp³-hybridized carbons (Fsp3) is 0.143. The second-order valence-corrected chi connectivity index (χ2v) is 6.82. The molecule has 0 aliphatic carbocycles. The first kappa shape index (κ1) is 20.0. The second-order valence-electron chi connectivity index (χ2n) is 6.00. The summed E-state index contributed by atoms with van der Waals surface area (Å²) in [7, 11) is 0. The highest BCUT2D eigenvalue weighted by molar-refractivity contribution is 6.35. The van der Waals surface area contributed by atoms with Crippen LogP contribution in [0.1, 0.15) is 21.7 Å². The van der Waals surface area contributed by atoms with Gasteiger partial charge >= 0.3 is 5.97 Å². The molecular formula is C21H17Cl2NO4. The SMILES string of the molecule is O=C(NC(Cc1ccccc1)C(=O)OCc1c(Cl)cccc1Cl)c1ccco1. The smallest absolute Gasteiger partial charge is 0.329 e. The maximum Gasteiger partial charge on any atom is 0.329 e. The van der Waals surface area contributed by atoms with E-state index in [1.165, 1.54) is 12.3 Å². The van der Waals surface area contributed by atoms with Gasteiger partial charge in [0.05, 0.1) is 6.26 Å². The molecule has 28 heavy (non-hydrogen) atoms. The van der Waals surface area contributed by atoms with E-state index in [4.69, 9.17) is 32.4 Å². The maximum atomic E-state index is 12.7. The number of benzene rings is 2. The number of hydrogen-bond acceptors (Lipinski definition) is 4. The highest BCUT2D eigenvalue weighted by atomic mass is 35.5. The zero-order valence-electron chi connectivity index (χ0n) is 14.7. The summed E-state index contributed by atoms with van der Waals surface area (Å²) in [6, 6.07) is 16.6. The van der Waals surface area contributed by atoms with E-state index in [9.17, 15) is 9.59 Å². The number of carbonyl (C=O) groups is 2. The van der Waals surface area contributed by atoms with Gasteiger partial charge in [-0.15, -0.1) is 0 Å². The summed E-state index contributed by atoms with van der Waals surface area (Å²) in [5, 5.41) is 3.46. The summed E-state index contributed by atoms with van der Waals surface area (Å²) in [5.41, 5.74) is 1.38. The van der Waals surface area contributed by atoms with Crippen molar-refractivity contribution in [2.75, 3.05) is 0 Å². The lowest BCUT2D eigenvalue weighted by molar-refractivity contribution is -0.147. The monoisotopic (exact) mass is 417 g/mol. The van der Waals surface area contributed by atoms with E-state index >= 15 is 0 Å². The zero-order chi connectivity index (χ0) is 19.9. The molecule has 1 N–H and O–H groups in total. The van der Waals surface area contributed by atoms with Gasteiger partial charge in [-0.1, -0.05) is 59.6 Å². The normalized spacial score (nSPS) is 11.6. The standard InChI is InChI=1S/C21H17Cl2NO4/c22-16-8-4-9-17(23)15(16)13-28-21(26)18(12-14-6-2-1-3-7-14)24-20(25)19-10-5-11-27-19/h1-11,18H,12-13H2,(H,24,25). The Hall–Kier alpha value is -2.76. The Morgan fingerprint density at radius 1 is 0.964 bits per heavy atom. The fourth-order valence-corrected chi connectivity index (χ4v) is 3.10. The van der Waals surface area contributed by atoms with Crippen molar-refractivity contribution < 1.29 is 18.7 Å². The van der Waals surface area contributed by atoms with Gasteiger partial charge in [0.15, 0.2) is 5.76 Å². The Kier molecular flexibility index (Phi) is 6.74. The third kappa shape index (κ3) is 5.15. The molecule has 0 saturated heterocycles. The van der Waals surface area contributed by atoms with Gasteiger partial charge in [0, 0.05) is 22.0 Å². The molecular weight excluding hydrogens is 401 g/mol. The number of rotatable bonds is 7. The van der Waals surface area contributed by atoms with E-state index in [-0.39, 0.29) is 18.8 Å². The van der Waals surface area contributed by atoms with Crippen LogP contribution in [-0.4, -0.2) is 17.9 Å². The van der Waals surface area contributed by atoms with Crippen molar-refractivity contribution in [1.82, 2.24) is 5.32 Å². The molecule has 144 valence electrons. The molecule has 0 aliphatic heterocycles. The van der Waals surface area contributed by atoms with Crippen LogP contribution in [0, 0.1) is 0 Å². The molecule has 7 heteroatoms. The number of halogens is 2. The third-order valence-electron chi connectivity index (χ3n) is 4.04. The second kappa shape index (κ2) is 9.44. The van der Waals surface area contributed by atoms with Gasteiger partial charge in [-0.2, -0.15) is 0 Å².